The number of carbonyl (C=O) groups excluding carboxylic acids is 1. The largest absolute Gasteiger partial charge is 0.492 e. The van der Waals surface area contributed by atoms with E-state index >= 15 is 0 Å². The van der Waals surface area contributed by atoms with Gasteiger partial charge in [0, 0.05) is 17.9 Å². The molecule has 0 saturated heterocycles. The molecule has 0 aliphatic carbocycles. The molecule has 2 N–H and O–H groups in total. The summed E-state index contributed by atoms with van der Waals surface area (Å²) < 4.78 is 20.7. The Morgan fingerprint density at radius 1 is 1.00 bits per heavy atom. The van der Waals surface area contributed by atoms with Crippen LogP contribution in [0.3, 0.4) is 0 Å². The number of carbonyl (C=O) groups is 1. The molecule has 4 aromatic rings. The van der Waals surface area contributed by atoms with Crippen molar-refractivity contribution in [3.05, 3.63) is 93.6 Å². The summed E-state index contributed by atoms with van der Waals surface area (Å²) in [6, 6.07) is 21.0. The van der Waals surface area contributed by atoms with Gasteiger partial charge in [-0.25, -0.2) is 4.68 Å². The van der Waals surface area contributed by atoms with Gasteiger partial charge in [-0.2, -0.15) is 4.98 Å². The minimum atomic E-state index is -0.600. The first-order valence-corrected chi connectivity index (χ1v) is 17.4. The van der Waals surface area contributed by atoms with Gasteiger partial charge in [0.15, 0.2) is 11.5 Å². The highest BCUT2D eigenvalue weighted by Crippen LogP contribution is 2.43. The number of anilines is 2. The van der Waals surface area contributed by atoms with Gasteiger partial charge in [-0.1, -0.05) is 67.6 Å². The van der Waals surface area contributed by atoms with Gasteiger partial charge in [0.2, 0.25) is 11.1 Å². The van der Waals surface area contributed by atoms with Crippen LogP contribution < -0.4 is 24.8 Å². The SMILES string of the molecule is CCCCSc1nc2n(n1)C(c1cc(Br)c(OCCc3ccccc3)c(OCC)c1)C(C(=O)Nc1ccccc1OCC)=C(C)N2. The minimum absolute atomic E-state index is 0.277. The van der Waals surface area contributed by atoms with Crippen LogP contribution in [0.2, 0.25) is 0 Å². The lowest BCUT2D eigenvalue weighted by Crippen LogP contribution is -2.31. The monoisotopic (exact) mass is 705 g/mol. The van der Waals surface area contributed by atoms with Crippen LogP contribution >= 0.6 is 27.7 Å². The molecule has 1 amide bonds. The summed E-state index contributed by atoms with van der Waals surface area (Å²) >= 11 is 5.37. The van der Waals surface area contributed by atoms with Crippen molar-refractivity contribution in [2.75, 3.05) is 36.2 Å². The van der Waals surface area contributed by atoms with E-state index in [1.54, 1.807) is 16.4 Å². The quantitative estimate of drug-likeness (QED) is 0.0942. The number of allylic oxidation sites excluding steroid dienone is 1. The molecule has 5 rings (SSSR count). The van der Waals surface area contributed by atoms with E-state index in [2.05, 4.69) is 45.6 Å². The molecule has 0 fully saturated rings. The van der Waals surface area contributed by atoms with Gasteiger partial charge in [-0.3, -0.25) is 4.79 Å². The zero-order valence-electron chi connectivity index (χ0n) is 26.6. The van der Waals surface area contributed by atoms with E-state index in [1.165, 1.54) is 5.56 Å². The zero-order chi connectivity index (χ0) is 32.5. The summed E-state index contributed by atoms with van der Waals surface area (Å²) in [7, 11) is 0. The lowest BCUT2D eigenvalue weighted by molar-refractivity contribution is -0.113. The second-order valence-corrected chi connectivity index (χ2v) is 12.6. The van der Waals surface area contributed by atoms with Crippen molar-refractivity contribution in [2.24, 2.45) is 0 Å². The van der Waals surface area contributed by atoms with Crippen LogP contribution in [0, 0.1) is 0 Å². The number of nitrogens with one attached hydrogen (secondary N) is 2. The number of amides is 1. The first-order valence-electron chi connectivity index (χ1n) is 15.7. The van der Waals surface area contributed by atoms with E-state index in [0.717, 1.165) is 35.1 Å². The molecule has 46 heavy (non-hydrogen) atoms. The third-order valence-corrected chi connectivity index (χ3v) is 8.88. The average molecular weight is 707 g/mol. The van der Waals surface area contributed by atoms with E-state index in [-0.39, 0.29) is 5.91 Å². The summed E-state index contributed by atoms with van der Waals surface area (Å²) in [6.07, 6.45) is 2.90. The lowest BCUT2D eigenvalue weighted by Gasteiger charge is -2.29. The van der Waals surface area contributed by atoms with Crippen molar-refractivity contribution >= 4 is 45.2 Å². The maximum absolute atomic E-state index is 14.2. The summed E-state index contributed by atoms with van der Waals surface area (Å²) in [5.41, 5.74) is 3.76. The Morgan fingerprint density at radius 2 is 1.74 bits per heavy atom. The Bertz CT molecular complexity index is 1680. The third-order valence-electron chi connectivity index (χ3n) is 7.37. The first kappa shape index (κ1) is 33.4. The van der Waals surface area contributed by atoms with Crippen LogP contribution in [0.15, 0.2) is 87.6 Å². The van der Waals surface area contributed by atoms with Crippen molar-refractivity contribution in [1.29, 1.82) is 0 Å². The zero-order valence-corrected chi connectivity index (χ0v) is 29.0. The third kappa shape index (κ3) is 7.87. The Morgan fingerprint density at radius 3 is 2.50 bits per heavy atom. The van der Waals surface area contributed by atoms with Crippen molar-refractivity contribution < 1.29 is 19.0 Å². The molecule has 0 spiro atoms. The molecule has 1 aromatic heterocycles. The topological polar surface area (TPSA) is 99.5 Å². The summed E-state index contributed by atoms with van der Waals surface area (Å²) in [5, 5.41) is 12.0. The number of aromatic nitrogens is 3. The van der Waals surface area contributed by atoms with Crippen LogP contribution in [-0.2, 0) is 11.2 Å². The van der Waals surface area contributed by atoms with E-state index in [9.17, 15) is 4.79 Å². The minimum Gasteiger partial charge on any atom is -0.492 e. The molecule has 1 unspecified atom stereocenters. The number of thioether (sulfide) groups is 1. The number of hydrogen-bond acceptors (Lipinski definition) is 8. The molecule has 0 saturated carbocycles. The number of ether oxygens (including phenoxy) is 3. The Hall–Kier alpha value is -3.96. The second kappa shape index (κ2) is 16.0. The van der Waals surface area contributed by atoms with Crippen LogP contribution in [0.5, 0.6) is 17.2 Å². The molecule has 3 aromatic carbocycles. The van der Waals surface area contributed by atoms with Gasteiger partial charge in [-0.15, -0.1) is 5.10 Å². The Kier molecular flexibility index (Phi) is 11.7. The van der Waals surface area contributed by atoms with Gasteiger partial charge in [0.05, 0.1) is 35.6 Å². The van der Waals surface area contributed by atoms with E-state index in [1.807, 2.05) is 75.4 Å². The van der Waals surface area contributed by atoms with E-state index < -0.39 is 6.04 Å². The molecule has 1 aliphatic rings. The fourth-order valence-corrected chi connectivity index (χ4v) is 6.69. The maximum Gasteiger partial charge on any atom is 0.255 e. The van der Waals surface area contributed by atoms with Gasteiger partial charge in [-0.05, 0) is 78.5 Å². The predicted molar refractivity (Wildman–Crippen MR) is 187 cm³/mol. The standard InChI is InChI=1S/C35H40BrN5O4S/c1-5-8-20-46-35-39-34-37-23(4)30(33(42)38-27-16-12-13-17-28(27)43-6-2)31(41(34)40-35)25-21-26(36)32(29(22-25)44-7-3)45-19-18-24-14-10-9-11-15-24/h9-17,21-22,31H,5-8,18-20H2,1-4H3,(H,38,42)(H,37,39,40). The molecular weight excluding hydrogens is 666 g/mol. The molecule has 242 valence electrons. The number of halogens is 1. The molecule has 9 nitrogen and oxygen atoms in total. The average Bonchev–Trinajstić information content (AvgIpc) is 3.45. The highest BCUT2D eigenvalue weighted by molar-refractivity contribution is 9.10. The van der Waals surface area contributed by atoms with Crippen LogP contribution in [0.4, 0.5) is 11.6 Å². The molecule has 2 heterocycles. The van der Waals surface area contributed by atoms with Crippen LogP contribution in [-0.4, -0.2) is 46.2 Å². The number of hydrogen-bond donors (Lipinski definition) is 2. The Labute approximate surface area is 283 Å². The van der Waals surface area contributed by atoms with Gasteiger partial charge >= 0.3 is 0 Å². The fraction of sp³-hybridized carbons (Fsp3) is 0.343. The van der Waals surface area contributed by atoms with Crippen LogP contribution in [0.25, 0.3) is 0 Å². The van der Waals surface area contributed by atoms with Gasteiger partial charge < -0.3 is 24.8 Å². The van der Waals surface area contributed by atoms with Crippen molar-refractivity contribution in [3.8, 4) is 17.2 Å². The number of unbranched alkanes of at least 4 members (excludes halogenated alkanes) is 1. The summed E-state index contributed by atoms with van der Waals surface area (Å²) in [6.45, 7) is 9.30. The van der Waals surface area contributed by atoms with Crippen molar-refractivity contribution in [2.45, 2.75) is 58.2 Å². The highest BCUT2D eigenvalue weighted by Gasteiger charge is 2.36. The van der Waals surface area contributed by atoms with E-state index in [0.29, 0.717) is 65.1 Å². The highest BCUT2D eigenvalue weighted by atomic mass is 79.9. The van der Waals surface area contributed by atoms with Gasteiger partial charge in [0.1, 0.15) is 11.8 Å². The van der Waals surface area contributed by atoms with Gasteiger partial charge in [0.25, 0.3) is 5.91 Å². The van der Waals surface area contributed by atoms with Crippen molar-refractivity contribution in [3.63, 3.8) is 0 Å². The van der Waals surface area contributed by atoms with Crippen molar-refractivity contribution in [1.82, 2.24) is 14.8 Å². The fourth-order valence-electron chi connectivity index (χ4n) is 5.21. The summed E-state index contributed by atoms with van der Waals surface area (Å²) in [4.78, 5) is 19.0. The predicted octanol–water partition coefficient (Wildman–Crippen LogP) is 8.28. The number of rotatable bonds is 15. The molecule has 0 radical (unpaired) electrons. The molecular formula is C35H40BrN5O4S. The first-order chi connectivity index (χ1) is 22.4. The number of para-hydroxylation sites is 2. The van der Waals surface area contributed by atoms with Crippen LogP contribution in [0.1, 0.15) is 57.7 Å². The molecule has 1 aliphatic heterocycles. The number of benzene rings is 3. The maximum atomic E-state index is 14.2. The second-order valence-electron chi connectivity index (χ2n) is 10.7. The summed E-state index contributed by atoms with van der Waals surface area (Å²) in [5.74, 6) is 3.00. The lowest BCUT2D eigenvalue weighted by atomic mass is 9.94. The smallest absolute Gasteiger partial charge is 0.255 e. The molecule has 1 atom stereocenters. The Balaban J connectivity index is 1.53. The molecule has 11 heteroatoms. The van der Waals surface area contributed by atoms with E-state index in [4.69, 9.17) is 24.3 Å². The normalized spacial score (nSPS) is 14.0. The molecule has 0 bridgehead atoms. The number of nitrogens with zero attached hydrogens (tertiary/aromatic N) is 3. The number of fused-ring (bicyclic) bond motifs is 1.